The summed E-state index contributed by atoms with van der Waals surface area (Å²) >= 11 is 0. The summed E-state index contributed by atoms with van der Waals surface area (Å²) in [5.41, 5.74) is 0. The third-order valence-corrected chi connectivity index (χ3v) is 0. The van der Waals surface area contributed by atoms with E-state index in [1.54, 1.807) is 0 Å². The van der Waals surface area contributed by atoms with Gasteiger partial charge in [-0.2, -0.15) is 0 Å². The van der Waals surface area contributed by atoms with Crippen LogP contribution in [0, 0.1) is 0 Å². The average Bonchev–Trinajstić information content (AvgIpc) is 0. The summed E-state index contributed by atoms with van der Waals surface area (Å²) in [7, 11) is 0. The quantitative estimate of drug-likeness (QED) is 0.398. The summed E-state index contributed by atoms with van der Waals surface area (Å²) in [6, 6.07) is 0. The minimum absolute atomic E-state index is 0. The summed E-state index contributed by atoms with van der Waals surface area (Å²) in [4.78, 5) is 0. The fraction of sp³-hybridized carbons (Fsp3) is 0. The third-order valence-electron chi connectivity index (χ3n) is 0. The molecule has 0 amide bonds. The van der Waals surface area contributed by atoms with Gasteiger partial charge in [0, 0.05) is 17.1 Å². The first-order chi connectivity index (χ1) is 0. The molecule has 0 bridgehead atoms. The molecule has 0 fully saturated rings. The van der Waals surface area contributed by atoms with Crippen LogP contribution in [-0.4, -0.2) is 11.0 Å². The van der Waals surface area contributed by atoms with E-state index in [9.17, 15) is 0 Å². The van der Waals surface area contributed by atoms with Gasteiger partial charge in [-0.1, -0.05) is 0 Å². The molecule has 0 rings (SSSR count). The Morgan fingerprint density at radius 3 is 0.600 bits per heavy atom. The number of rotatable bonds is 0. The molecule has 0 saturated carbocycles. The van der Waals surface area contributed by atoms with E-state index >= 15 is 0 Å². The van der Waals surface area contributed by atoms with Gasteiger partial charge in [0.15, 0.2) is 0 Å². The Kier molecular flexibility index (Phi) is 60000. The van der Waals surface area contributed by atoms with Gasteiger partial charge >= 0.3 is 0 Å². The Balaban J connectivity index is 0. The van der Waals surface area contributed by atoms with Crippen molar-refractivity contribution in [1.29, 1.82) is 0 Å². The van der Waals surface area contributed by atoms with Gasteiger partial charge in [0.25, 0.3) is 0 Å². The molecule has 0 saturated heterocycles. The van der Waals surface area contributed by atoms with Crippen LogP contribution in [0.1, 0.15) is 0 Å². The number of hydrogen-bond donors (Lipinski definition) is 0. The Morgan fingerprint density at radius 1 is 0.600 bits per heavy atom. The van der Waals surface area contributed by atoms with Crippen molar-refractivity contribution in [3.05, 3.63) is 0 Å². The molecule has 0 aliphatic rings. The molecule has 4 nitrogen and oxygen atoms in total. The van der Waals surface area contributed by atoms with E-state index in [1.807, 2.05) is 0 Å². The van der Waals surface area contributed by atoms with Crippen molar-refractivity contribution in [2.45, 2.75) is 0 Å². The van der Waals surface area contributed by atoms with Crippen molar-refractivity contribution in [3.63, 3.8) is 0 Å². The first-order valence-corrected chi connectivity index (χ1v) is 0. The molecular weight excluding hydrogens is 119 g/mol. The molecule has 5 heteroatoms. The van der Waals surface area contributed by atoms with E-state index < -0.39 is 0 Å². The van der Waals surface area contributed by atoms with Crippen LogP contribution >= 0.6 is 0 Å². The second-order valence-electron chi connectivity index (χ2n) is 0. The van der Waals surface area contributed by atoms with E-state index in [0.717, 1.165) is 0 Å². The molecule has 0 aromatic carbocycles. The van der Waals surface area contributed by atoms with E-state index in [1.165, 1.54) is 0 Å². The smallest absolute Gasteiger partial charge is 0 e. The van der Waals surface area contributed by atoms with Crippen LogP contribution < -0.4 is 0 Å². The normalized spacial score (nSPS) is 0. The maximum Gasteiger partial charge on any atom is 0 e. The Hall–Kier alpha value is 0.359. The summed E-state index contributed by atoms with van der Waals surface area (Å²) in [5, 5.41) is 0. The van der Waals surface area contributed by atoms with Gasteiger partial charge in [-0.05, 0) is 0 Å². The zero-order valence-electron chi connectivity index (χ0n) is 2.09. The van der Waals surface area contributed by atoms with Gasteiger partial charge in [-0.15, -0.1) is 0 Å². The van der Waals surface area contributed by atoms with E-state index in [4.69, 9.17) is 0 Å². The predicted molar refractivity (Wildman–Crippen MR) is 5.24 cm³/mol. The van der Waals surface area contributed by atoms with Crippen LogP contribution in [0.4, 0.5) is 0 Å². The topological polar surface area (TPSA) is 117 Å². The molecule has 0 atom stereocenters. The van der Waals surface area contributed by atoms with E-state index in [2.05, 4.69) is 0 Å². The first-order valence-electron chi connectivity index (χ1n) is 0. The van der Waals surface area contributed by atoms with Crippen molar-refractivity contribution >= 4 is 0 Å². The fourth-order valence-electron chi connectivity index (χ4n) is 0. The molecule has 0 aromatic rings. The Bertz CT molecular complexity index is 3.61. The summed E-state index contributed by atoms with van der Waals surface area (Å²) in [5.74, 6) is 0. The van der Waals surface area contributed by atoms with Gasteiger partial charge in [-0.25, -0.2) is 0 Å². The molecule has 0 unspecified atom stereocenters. The molecule has 5 heavy (non-hydrogen) atoms. The first kappa shape index (κ1) is 788. The van der Waals surface area contributed by atoms with Crippen molar-refractivity contribution in [3.8, 4) is 0 Å². The van der Waals surface area contributed by atoms with Gasteiger partial charge in [0.2, 0.25) is 0 Å². The zero-order valence-corrected chi connectivity index (χ0v) is 3.27. The zero-order chi connectivity index (χ0) is 0. The van der Waals surface area contributed by atoms with E-state index in [-0.39, 0.29) is 39.0 Å². The molecule has 1 radical (unpaired) electrons. The third kappa shape index (κ3) is 188. The van der Waals surface area contributed by atoms with Crippen LogP contribution in [-0.2, 0) is 28.0 Å². The van der Waals surface area contributed by atoms with Gasteiger partial charge in [0.05, 0.1) is 0 Å². The average molecular weight is 121 g/mol. The summed E-state index contributed by atoms with van der Waals surface area (Å²) in [6.07, 6.45) is 0. The number of hydrogen-bond acceptors (Lipinski definition) is 2. The molecule has 0 aromatic heterocycles. The van der Waals surface area contributed by atoms with Crippen LogP contribution in [0.5, 0.6) is 0 Å². The van der Waals surface area contributed by atoms with Crippen molar-refractivity contribution in [2.75, 3.05) is 0 Å². The monoisotopic (exact) mass is 121 g/mol. The maximum absolute atomic E-state index is 0. The standard InChI is InChI=1S/Mn.2H2O.2O/h;2*1H2;;/q;;;2*-2/p-2. The molecule has 0 aliphatic carbocycles. The van der Waals surface area contributed by atoms with Crippen molar-refractivity contribution in [2.24, 2.45) is 0 Å². The second kappa shape index (κ2) is 381. The second-order valence-corrected chi connectivity index (χ2v) is 0. The van der Waals surface area contributed by atoms with Gasteiger partial charge in [-0.3, -0.25) is 0 Å². The predicted octanol–water partition coefficient (Wildman–Crippen LogP) is -0.594. The van der Waals surface area contributed by atoms with Crippen LogP contribution in [0.2, 0.25) is 0 Å². The maximum atomic E-state index is 0. The van der Waals surface area contributed by atoms with Gasteiger partial charge in [0.1, 0.15) is 0 Å². The van der Waals surface area contributed by atoms with E-state index in [0.29, 0.717) is 0 Å². The largest absolute Gasteiger partial charge is 2.00 e. The minimum atomic E-state index is 0. The molecular formula is H2MnO4-6. The van der Waals surface area contributed by atoms with Gasteiger partial charge < -0.3 is 21.9 Å². The molecule has 0 heterocycles. The van der Waals surface area contributed by atoms with Crippen LogP contribution in [0.25, 0.3) is 0 Å². The molecule has 2 N–H and O–H groups in total. The summed E-state index contributed by atoms with van der Waals surface area (Å²) in [6.45, 7) is 0. The fourth-order valence-corrected chi connectivity index (χ4v) is 0. The molecule has 0 spiro atoms. The Morgan fingerprint density at radius 2 is 0.600 bits per heavy atom. The summed E-state index contributed by atoms with van der Waals surface area (Å²) < 4.78 is 0. The SMILES string of the molecule is [Mn].[O-2].[O-2].[OH-].[OH-]. The minimum Gasteiger partial charge on any atom is -2.00 e. The van der Waals surface area contributed by atoms with Crippen LogP contribution in [0.3, 0.4) is 0 Å². The Labute approximate surface area is 39.9 Å². The molecule has 39 valence electrons. The molecule has 0 aliphatic heterocycles. The van der Waals surface area contributed by atoms with Crippen molar-refractivity contribution in [1.82, 2.24) is 0 Å². The van der Waals surface area contributed by atoms with Crippen molar-refractivity contribution < 1.29 is 39.0 Å². The van der Waals surface area contributed by atoms with Crippen LogP contribution in [0.15, 0.2) is 0 Å².